The van der Waals surface area contributed by atoms with Crippen molar-refractivity contribution in [1.82, 2.24) is 4.90 Å². The fourth-order valence-electron chi connectivity index (χ4n) is 3.42. The van der Waals surface area contributed by atoms with Crippen LogP contribution in [-0.2, 0) is 12.3 Å². The monoisotopic (exact) mass is 377 g/mol. The second kappa shape index (κ2) is 7.91. The number of rotatable bonds is 4. The highest BCUT2D eigenvalue weighted by atomic mass is 32.2. The van der Waals surface area contributed by atoms with Crippen molar-refractivity contribution in [1.29, 1.82) is 0 Å². The minimum Gasteiger partial charge on any atom is -0.305 e. The lowest BCUT2D eigenvalue weighted by atomic mass is 10.0. The number of fused-ring (bicyclic) bond motifs is 2. The van der Waals surface area contributed by atoms with Crippen molar-refractivity contribution in [2.24, 2.45) is 0 Å². The molecule has 3 heteroatoms. The van der Waals surface area contributed by atoms with E-state index >= 15 is 0 Å². The third kappa shape index (κ3) is 3.85. The molecular formula is C23H23NS2. The smallest absolute Gasteiger partial charge is 0.0607 e. The van der Waals surface area contributed by atoms with Gasteiger partial charge in [-0.3, -0.25) is 0 Å². The molecule has 0 amide bonds. The van der Waals surface area contributed by atoms with E-state index in [0.29, 0.717) is 5.25 Å². The highest BCUT2D eigenvalue weighted by Gasteiger charge is 2.24. The molecule has 0 bridgehead atoms. The van der Waals surface area contributed by atoms with Crippen LogP contribution in [0.2, 0.25) is 0 Å². The standard InChI is InChI=1S/C23H23NS2/c1-24(2)15-17-8-7-10-19(14-17)26-23-20-11-4-3-9-18(20)16-25-22-13-6-5-12-21(22)23/h3-14,23H,15-16H2,1-2H3/t23-/m0/s1. The summed E-state index contributed by atoms with van der Waals surface area (Å²) in [7, 11) is 4.24. The third-order valence-electron chi connectivity index (χ3n) is 4.57. The van der Waals surface area contributed by atoms with Crippen LogP contribution in [0.3, 0.4) is 0 Å². The van der Waals surface area contributed by atoms with E-state index in [4.69, 9.17) is 0 Å². The second-order valence-electron chi connectivity index (χ2n) is 6.91. The molecule has 0 N–H and O–H groups in total. The molecule has 1 aliphatic heterocycles. The van der Waals surface area contributed by atoms with Crippen LogP contribution in [0.1, 0.15) is 27.5 Å². The van der Waals surface area contributed by atoms with E-state index in [2.05, 4.69) is 91.8 Å². The van der Waals surface area contributed by atoms with Gasteiger partial charge in [0.15, 0.2) is 0 Å². The molecule has 0 aromatic heterocycles. The highest BCUT2D eigenvalue weighted by Crippen LogP contribution is 2.48. The Morgan fingerprint density at radius 1 is 0.923 bits per heavy atom. The molecule has 1 aliphatic rings. The summed E-state index contributed by atoms with van der Waals surface area (Å²) in [6.45, 7) is 0.974. The summed E-state index contributed by atoms with van der Waals surface area (Å²) in [4.78, 5) is 4.97. The van der Waals surface area contributed by atoms with Gasteiger partial charge in [0.1, 0.15) is 0 Å². The summed E-state index contributed by atoms with van der Waals surface area (Å²) in [5.41, 5.74) is 5.71. The molecule has 26 heavy (non-hydrogen) atoms. The molecule has 0 saturated heterocycles. The molecule has 0 spiro atoms. The molecule has 0 radical (unpaired) electrons. The van der Waals surface area contributed by atoms with Crippen LogP contribution in [0.25, 0.3) is 0 Å². The van der Waals surface area contributed by atoms with E-state index in [-0.39, 0.29) is 0 Å². The second-order valence-corrected chi connectivity index (χ2v) is 9.10. The van der Waals surface area contributed by atoms with E-state index in [9.17, 15) is 0 Å². The SMILES string of the molecule is CN(C)Cc1cccc(S[C@H]2c3ccccc3CSc3ccccc32)c1. The largest absolute Gasteiger partial charge is 0.305 e. The van der Waals surface area contributed by atoms with Gasteiger partial charge >= 0.3 is 0 Å². The summed E-state index contributed by atoms with van der Waals surface area (Å²) in [5.74, 6) is 1.05. The predicted octanol–water partition coefficient (Wildman–Crippen LogP) is 6.24. The maximum Gasteiger partial charge on any atom is 0.0607 e. The zero-order valence-corrected chi connectivity index (χ0v) is 16.8. The van der Waals surface area contributed by atoms with E-state index in [1.54, 1.807) is 0 Å². The van der Waals surface area contributed by atoms with Crippen molar-refractivity contribution in [3.8, 4) is 0 Å². The van der Waals surface area contributed by atoms with Gasteiger partial charge in [-0.2, -0.15) is 0 Å². The summed E-state index contributed by atoms with van der Waals surface area (Å²) in [6, 6.07) is 26.8. The molecular weight excluding hydrogens is 354 g/mol. The lowest BCUT2D eigenvalue weighted by Crippen LogP contribution is -2.10. The first-order valence-electron chi connectivity index (χ1n) is 8.90. The van der Waals surface area contributed by atoms with E-state index < -0.39 is 0 Å². The summed E-state index contributed by atoms with van der Waals surface area (Å²) in [6.07, 6.45) is 0. The Balaban J connectivity index is 1.74. The van der Waals surface area contributed by atoms with Crippen molar-refractivity contribution in [3.05, 3.63) is 95.1 Å². The van der Waals surface area contributed by atoms with Gasteiger partial charge in [0.25, 0.3) is 0 Å². The molecule has 0 saturated carbocycles. The molecule has 0 aliphatic carbocycles. The molecule has 1 heterocycles. The Kier molecular flexibility index (Phi) is 5.39. The zero-order valence-electron chi connectivity index (χ0n) is 15.2. The average Bonchev–Trinajstić information content (AvgIpc) is 2.80. The van der Waals surface area contributed by atoms with Crippen molar-refractivity contribution >= 4 is 23.5 Å². The zero-order chi connectivity index (χ0) is 17.9. The van der Waals surface area contributed by atoms with E-state index in [1.165, 1.54) is 32.0 Å². The first kappa shape index (κ1) is 17.7. The molecule has 0 fully saturated rings. The van der Waals surface area contributed by atoms with Crippen molar-refractivity contribution in [2.75, 3.05) is 14.1 Å². The van der Waals surface area contributed by atoms with Gasteiger partial charge in [0.2, 0.25) is 0 Å². The first-order valence-corrected chi connectivity index (χ1v) is 10.8. The van der Waals surface area contributed by atoms with Crippen LogP contribution in [0.15, 0.2) is 82.6 Å². The summed E-state index contributed by atoms with van der Waals surface area (Å²) in [5, 5.41) is 0.340. The molecule has 132 valence electrons. The van der Waals surface area contributed by atoms with Crippen molar-refractivity contribution in [3.63, 3.8) is 0 Å². The van der Waals surface area contributed by atoms with Gasteiger partial charge in [-0.05, 0) is 54.5 Å². The normalized spacial score (nSPS) is 16.0. The Bertz CT molecular complexity index is 856. The van der Waals surface area contributed by atoms with E-state index in [1.807, 2.05) is 23.5 Å². The lowest BCUT2D eigenvalue weighted by molar-refractivity contribution is 0.402. The maximum absolute atomic E-state index is 2.34. The Morgan fingerprint density at radius 3 is 2.54 bits per heavy atom. The van der Waals surface area contributed by atoms with Gasteiger partial charge in [0, 0.05) is 22.1 Å². The minimum atomic E-state index is 0.340. The molecule has 3 aromatic rings. The fourth-order valence-corrected chi connectivity index (χ4v) is 5.93. The molecule has 3 aromatic carbocycles. The average molecular weight is 378 g/mol. The van der Waals surface area contributed by atoms with Crippen LogP contribution in [-0.4, -0.2) is 19.0 Å². The number of hydrogen-bond acceptors (Lipinski definition) is 3. The molecule has 1 nitrogen and oxygen atoms in total. The van der Waals surface area contributed by atoms with Gasteiger partial charge in [-0.15, -0.1) is 23.5 Å². The maximum atomic E-state index is 2.34. The first-order chi connectivity index (χ1) is 12.7. The fraction of sp³-hybridized carbons (Fsp3) is 0.217. The predicted molar refractivity (Wildman–Crippen MR) is 114 cm³/mol. The van der Waals surface area contributed by atoms with Gasteiger partial charge in [-0.1, -0.05) is 54.6 Å². The molecule has 1 atom stereocenters. The van der Waals surface area contributed by atoms with Crippen molar-refractivity contribution in [2.45, 2.75) is 27.3 Å². The number of benzene rings is 3. The minimum absolute atomic E-state index is 0.340. The Labute approximate surface area is 164 Å². The number of nitrogens with zero attached hydrogens (tertiary/aromatic N) is 1. The third-order valence-corrected chi connectivity index (χ3v) is 6.98. The highest BCUT2D eigenvalue weighted by molar-refractivity contribution is 8.00. The number of hydrogen-bond donors (Lipinski definition) is 0. The quantitative estimate of drug-likeness (QED) is 0.530. The molecule has 0 unspecified atom stereocenters. The topological polar surface area (TPSA) is 3.24 Å². The Hall–Kier alpha value is -1.68. The Morgan fingerprint density at radius 2 is 1.69 bits per heavy atom. The summed E-state index contributed by atoms with van der Waals surface area (Å²) >= 11 is 3.93. The van der Waals surface area contributed by atoms with Crippen molar-refractivity contribution < 1.29 is 0 Å². The van der Waals surface area contributed by atoms with Crippen LogP contribution >= 0.6 is 23.5 Å². The van der Waals surface area contributed by atoms with Crippen LogP contribution in [0.4, 0.5) is 0 Å². The molecule has 4 rings (SSSR count). The van der Waals surface area contributed by atoms with Crippen LogP contribution in [0, 0.1) is 0 Å². The van der Waals surface area contributed by atoms with Crippen LogP contribution < -0.4 is 0 Å². The van der Waals surface area contributed by atoms with Gasteiger partial charge in [-0.25, -0.2) is 0 Å². The van der Waals surface area contributed by atoms with Crippen LogP contribution in [0.5, 0.6) is 0 Å². The van der Waals surface area contributed by atoms with E-state index in [0.717, 1.165) is 12.3 Å². The van der Waals surface area contributed by atoms with Gasteiger partial charge < -0.3 is 4.90 Å². The van der Waals surface area contributed by atoms with Gasteiger partial charge in [0.05, 0.1) is 5.25 Å². The summed E-state index contributed by atoms with van der Waals surface area (Å²) < 4.78 is 0. The number of thioether (sulfide) groups is 2. The lowest BCUT2D eigenvalue weighted by Gasteiger charge is -2.20.